The smallest absolute Gasteiger partial charge is 0.226 e. The molecule has 0 spiro atoms. The van der Waals surface area contributed by atoms with Gasteiger partial charge in [0.05, 0.1) is 6.42 Å². The van der Waals surface area contributed by atoms with Gasteiger partial charge >= 0.3 is 0 Å². The van der Waals surface area contributed by atoms with Crippen LogP contribution in [0, 0.1) is 12.3 Å². The monoisotopic (exact) mass is 475 g/mol. The SMILES string of the molecule is CC(=O)N1CCC(N(C[C@@H](C)C(N)=O)C2CCN(C(=O)[CH]Cc3ccc(Cl)cc3)CC2)CC1. The van der Waals surface area contributed by atoms with Crippen molar-refractivity contribution in [2.75, 3.05) is 32.7 Å². The van der Waals surface area contributed by atoms with Crippen LogP contribution in [0.15, 0.2) is 24.3 Å². The van der Waals surface area contributed by atoms with Crippen LogP contribution >= 0.6 is 11.6 Å². The molecule has 0 aliphatic carbocycles. The number of nitrogens with zero attached hydrogens (tertiary/aromatic N) is 3. The number of primary amides is 1. The van der Waals surface area contributed by atoms with Crippen LogP contribution in [0.25, 0.3) is 0 Å². The first kappa shape index (κ1) is 25.5. The van der Waals surface area contributed by atoms with Crippen LogP contribution in [0.2, 0.25) is 5.02 Å². The van der Waals surface area contributed by atoms with Crippen molar-refractivity contribution in [2.24, 2.45) is 11.7 Å². The van der Waals surface area contributed by atoms with Gasteiger partial charge in [-0.2, -0.15) is 0 Å². The Morgan fingerprint density at radius 3 is 2.03 bits per heavy atom. The highest BCUT2D eigenvalue weighted by Gasteiger charge is 2.34. The zero-order valence-corrected chi connectivity index (χ0v) is 20.5. The highest BCUT2D eigenvalue weighted by atomic mass is 35.5. The molecule has 0 bridgehead atoms. The Bertz CT molecular complexity index is 815. The van der Waals surface area contributed by atoms with Crippen molar-refractivity contribution >= 4 is 29.3 Å². The fourth-order valence-corrected chi connectivity index (χ4v) is 5.01. The number of hydrogen-bond acceptors (Lipinski definition) is 4. The van der Waals surface area contributed by atoms with Gasteiger partial charge in [0.15, 0.2) is 0 Å². The summed E-state index contributed by atoms with van der Waals surface area (Å²) >= 11 is 5.93. The largest absolute Gasteiger partial charge is 0.369 e. The summed E-state index contributed by atoms with van der Waals surface area (Å²) in [5.74, 6) is -0.337. The Morgan fingerprint density at radius 2 is 1.55 bits per heavy atom. The minimum absolute atomic E-state index is 0.0650. The fraction of sp³-hybridized carbons (Fsp3) is 0.600. The third-order valence-electron chi connectivity index (χ3n) is 7.02. The Morgan fingerprint density at radius 1 is 1.03 bits per heavy atom. The normalized spacial score (nSPS) is 19.0. The van der Waals surface area contributed by atoms with Crippen molar-refractivity contribution in [3.05, 3.63) is 41.3 Å². The molecule has 33 heavy (non-hydrogen) atoms. The van der Waals surface area contributed by atoms with E-state index in [2.05, 4.69) is 4.90 Å². The number of piperidine rings is 2. The highest BCUT2D eigenvalue weighted by Crippen LogP contribution is 2.26. The van der Waals surface area contributed by atoms with Crippen LogP contribution in [0.3, 0.4) is 0 Å². The predicted molar refractivity (Wildman–Crippen MR) is 129 cm³/mol. The average Bonchev–Trinajstić information content (AvgIpc) is 2.82. The van der Waals surface area contributed by atoms with Crippen molar-refractivity contribution in [2.45, 2.75) is 58.0 Å². The lowest BCUT2D eigenvalue weighted by Crippen LogP contribution is -2.55. The van der Waals surface area contributed by atoms with Gasteiger partial charge in [-0.25, -0.2) is 0 Å². The molecule has 8 heteroatoms. The topological polar surface area (TPSA) is 87.0 Å². The number of benzene rings is 1. The number of hydrogen-bond donors (Lipinski definition) is 1. The third kappa shape index (κ3) is 7.18. The summed E-state index contributed by atoms with van der Waals surface area (Å²) in [6.45, 7) is 7.02. The van der Waals surface area contributed by atoms with E-state index in [1.165, 1.54) is 0 Å². The molecule has 3 rings (SSSR count). The lowest BCUT2D eigenvalue weighted by molar-refractivity contribution is -0.130. The summed E-state index contributed by atoms with van der Waals surface area (Å²) in [6.07, 6.45) is 5.89. The summed E-state index contributed by atoms with van der Waals surface area (Å²) < 4.78 is 0. The molecule has 2 aliphatic rings. The maximum atomic E-state index is 12.7. The number of carbonyl (C=O) groups is 3. The van der Waals surface area contributed by atoms with E-state index in [0.29, 0.717) is 43.2 Å². The average molecular weight is 476 g/mol. The molecule has 2 aliphatic heterocycles. The molecule has 1 aromatic carbocycles. The van der Waals surface area contributed by atoms with E-state index in [-0.39, 0.29) is 23.6 Å². The van der Waals surface area contributed by atoms with E-state index < -0.39 is 0 Å². The lowest BCUT2D eigenvalue weighted by Gasteiger charge is -2.45. The Labute approximate surface area is 202 Å². The first-order valence-electron chi connectivity index (χ1n) is 11.9. The molecule has 2 saturated heterocycles. The maximum absolute atomic E-state index is 12.7. The summed E-state index contributed by atoms with van der Waals surface area (Å²) in [6, 6.07) is 8.18. The van der Waals surface area contributed by atoms with Gasteiger partial charge in [0.1, 0.15) is 0 Å². The number of halogens is 1. The van der Waals surface area contributed by atoms with Crippen LogP contribution in [0.1, 0.15) is 45.1 Å². The number of amides is 3. The van der Waals surface area contributed by atoms with Crippen molar-refractivity contribution in [3.63, 3.8) is 0 Å². The minimum Gasteiger partial charge on any atom is -0.369 e. The van der Waals surface area contributed by atoms with Crippen molar-refractivity contribution in [1.82, 2.24) is 14.7 Å². The quantitative estimate of drug-likeness (QED) is 0.625. The molecule has 0 saturated carbocycles. The van der Waals surface area contributed by atoms with E-state index in [4.69, 9.17) is 17.3 Å². The summed E-state index contributed by atoms with van der Waals surface area (Å²) in [4.78, 5) is 42.4. The summed E-state index contributed by atoms with van der Waals surface area (Å²) in [5.41, 5.74) is 6.63. The van der Waals surface area contributed by atoms with Crippen LogP contribution in [0.4, 0.5) is 0 Å². The second-order valence-electron chi connectivity index (χ2n) is 9.33. The van der Waals surface area contributed by atoms with E-state index in [1.54, 1.807) is 13.3 Å². The van der Waals surface area contributed by atoms with Gasteiger partial charge in [-0.1, -0.05) is 30.7 Å². The molecule has 7 nitrogen and oxygen atoms in total. The van der Waals surface area contributed by atoms with Crippen molar-refractivity contribution in [1.29, 1.82) is 0 Å². The molecule has 2 heterocycles. The molecule has 0 unspecified atom stereocenters. The molecular formula is C25H36ClN4O3. The van der Waals surface area contributed by atoms with Crippen molar-refractivity contribution in [3.8, 4) is 0 Å². The third-order valence-corrected chi connectivity index (χ3v) is 7.27. The zero-order chi connectivity index (χ0) is 24.0. The molecule has 1 atom stereocenters. The fourth-order valence-electron chi connectivity index (χ4n) is 4.89. The van der Waals surface area contributed by atoms with Crippen LogP contribution < -0.4 is 5.73 Å². The van der Waals surface area contributed by atoms with Crippen molar-refractivity contribution < 1.29 is 14.4 Å². The van der Waals surface area contributed by atoms with Crippen LogP contribution in [-0.2, 0) is 20.8 Å². The molecule has 181 valence electrons. The predicted octanol–water partition coefficient (Wildman–Crippen LogP) is 2.51. The summed E-state index contributed by atoms with van der Waals surface area (Å²) in [5, 5.41) is 0.689. The lowest BCUT2D eigenvalue weighted by atomic mass is 9.94. The maximum Gasteiger partial charge on any atom is 0.226 e. The molecule has 2 fully saturated rings. The van der Waals surface area contributed by atoms with Crippen LogP contribution in [0.5, 0.6) is 0 Å². The molecule has 3 amide bonds. The molecule has 0 aromatic heterocycles. The van der Waals surface area contributed by atoms with Gasteiger partial charge in [-0.05, 0) is 49.8 Å². The Hall–Kier alpha value is -2.12. The molecular weight excluding hydrogens is 440 g/mol. The van der Waals surface area contributed by atoms with E-state index in [1.807, 2.05) is 41.0 Å². The number of carbonyl (C=O) groups excluding carboxylic acids is 3. The number of rotatable bonds is 8. The molecule has 1 radical (unpaired) electrons. The molecule has 2 N–H and O–H groups in total. The Kier molecular flexibility index (Phi) is 9.15. The Balaban J connectivity index is 1.54. The standard InChI is InChI=1S/C25H36ClN4O3/c1-18(25(27)33)17-30(22-9-13-28(14-10-22)19(2)31)23-11-15-29(16-12-23)24(32)8-5-20-3-6-21(26)7-4-20/h3-4,6-8,18,22-23H,5,9-17H2,1-2H3,(H2,27,33)/t18-/m1/s1. The number of nitrogens with two attached hydrogens (primary N) is 1. The first-order valence-corrected chi connectivity index (χ1v) is 12.3. The highest BCUT2D eigenvalue weighted by molar-refractivity contribution is 6.30. The first-order chi connectivity index (χ1) is 15.7. The number of likely N-dealkylation sites (tertiary alicyclic amines) is 2. The van der Waals surface area contributed by atoms with Gasteiger partial charge in [-0.15, -0.1) is 0 Å². The van der Waals surface area contributed by atoms with Crippen LogP contribution in [-0.4, -0.2) is 77.2 Å². The minimum atomic E-state index is -0.286. The van der Waals surface area contributed by atoms with Gasteiger partial charge in [0.2, 0.25) is 17.7 Å². The van der Waals surface area contributed by atoms with E-state index >= 15 is 0 Å². The summed E-state index contributed by atoms with van der Waals surface area (Å²) in [7, 11) is 0. The van der Waals surface area contributed by atoms with Gasteiger partial charge in [-0.3, -0.25) is 19.3 Å². The molecule has 1 aromatic rings. The van der Waals surface area contributed by atoms with E-state index in [9.17, 15) is 14.4 Å². The van der Waals surface area contributed by atoms with E-state index in [0.717, 1.165) is 44.3 Å². The zero-order valence-electron chi connectivity index (χ0n) is 19.7. The second-order valence-corrected chi connectivity index (χ2v) is 9.77. The van der Waals surface area contributed by atoms with Gasteiger partial charge in [0.25, 0.3) is 0 Å². The second kappa shape index (κ2) is 11.8. The van der Waals surface area contributed by atoms with Gasteiger partial charge in [0, 0.05) is 62.7 Å². The van der Waals surface area contributed by atoms with Gasteiger partial charge < -0.3 is 15.5 Å².